The average Bonchev–Trinajstić information content (AvgIpc) is 0.896. The van der Waals surface area contributed by atoms with Crippen molar-refractivity contribution in [3.05, 3.63) is 108 Å². The number of ether oxygens (including phenoxy) is 13. The third-order valence-electron chi connectivity index (χ3n) is 16.0. The molecule has 0 unspecified atom stereocenters. The normalized spacial score (nSPS) is 11.9. The van der Waals surface area contributed by atoms with Gasteiger partial charge in [0.1, 0.15) is 62.1 Å². The lowest BCUT2D eigenvalue weighted by molar-refractivity contribution is -0.140. The highest BCUT2D eigenvalue weighted by Gasteiger charge is 2.24. The van der Waals surface area contributed by atoms with Crippen LogP contribution in [0.15, 0.2) is 91.0 Å². The molecule has 0 spiro atoms. The van der Waals surface area contributed by atoms with Crippen LogP contribution in [-0.4, -0.2) is 270 Å². The van der Waals surface area contributed by atoms with Gasteiger partial charge in [0.25, 0.3) is 0 Å². The van der Waals surface area contributed by atoms with Crippen molar-refractivity contribution in [3.63, 3.8) is 0 Å². The van der Waals surface area contributed by atoms with Crippen LogP contribution in [0.25, 0.3) is 0 Å². The zero-order valence-corrected chi connectivity index (χ0v) is 73.3. The molecule has 0 fully saturated rings. The first-order valence-corrected chi connectivity index (χ1v) is 41.9. The monoisotopic (exact) mass is 1770 g/mol. The maximum atomic E-state index is 12.9. The van der Waals surface area contributed by atoms with Gasteiger partial charge in [-0.1, -0.05) is 97.4 Å². The smallest absolute Gasteiger partial charge is 0.431 e. The van der Waals surface area contributed by atoms with Crippen LogP contribution in [0.3, 0.4) is 0 Å². The highest BCUT2D eigenvalue weighted by atomic mass is 16.7. The van der Waals surface area contributed by atoms with Gasteiger partial charge in [0.05, 0.1) is 105 Å². The highest BCUT2D eigenvalue weighted by molar-refractivity contribution is 5.89. The first kappa shape index (κ1) is 115. The second kappa shape index (κ2) is 77.2. The Morgan fingerprint density at radius 2 is 0.694 bits per heavy atom. The fourth-order valence-electron chi connectivity index (χ4n) is 9.81. The van der Waals surface area contributed by atoms with Gasteiger partial charge in [-0.3, -0.25) is 33.6 Å². The van der Waals surface area contributed by atoms with Crippen molar-refractivity contribution in [2.75, 3.05) is 158 Å². The molecule has 40 heteroatoms. The standard InChI is InChI=1S/C30H59N5O12.C22H26N2O6.C18H37N3O6.C14H20N2O4/c1-30(2,3)47-29(39)35-46-22-21-43-16-15-40-12-6-8-26(36)25(34-28(38)24-45-20-18-42-14-10-32)7-4-5-11-33-27(37)23-44-19-17-41-13-9-31;25-20(26)19(24-22(28)30-16-18-11-5-2-6-12-18)13-7-8-14-23-21(27)29-15-17-9-3-1-4-10-17;1-18(2,3)27-17(23)21-26-14-13-25-12-11-24-10-6-8-16(22)15(20)7-4-5-9-19;15-12(13(17)18)8-4-5-9-16-14(19)20-10-11-6-2-1-3-7-11/h25H,4-24,31-32H2,1-3H3,(H,33,37)(H,34,38)(H,35,39);1-6,9-12,19H,7-8,13-16H2,(H,23,27)(H,24,28)(H,25,26);15H,4-14,19-20H2,1-3H3,(H,21,23);1-3,6-7,12H,4-5,8-10,15H2,(H,16,19)(H,17,18)/t25-;19-;15-;12-/m1111/s1. The van der Waals surface area contributed by atoms with E-state index < -0.39 is 83.7 Å². The van der Waals surface area contributed by atoms with Gasteiger partial charge < -0.3 is 127 Å². The molecule has 40 nitrogen and oxygen atoms in total. The molecular weight excluding hydrogens is 1620 g/mol. The lowest BCUT2D eigenvalue weighted by Crippen LogP contribution is -2.42. The summed E-state index contributed by atoms with van der Waals surface area (Å²) in [6, 6.07) is 24.8. The number of rotatable bonds is 67. The third kappa shape index (κ3) is 75.2. The first-order valence-electron chi connectivity index (χ1n) is 41.9. The number of Topliss-reactive ketones (excluding diaryl/α,β-unsaturated/α-hetero) is 2. The van der Waals surface area contributed by atoms with Crippen molar-refractivity contribution < 1.29 is 134 Å². The van der Waals surface area contributed by atoms with E-state index in [1.54, 1.807) is 53.7 Å². The number of benzene rings is 3. The quantitative estimate of drug-likeness (QED) is 0.0180. The number of hydrogen-bond acceptors (Lipinski definition) is 31. The Hall–Kier alpha value is -9.37. The number of nitrogens with two attached hydrogens (primary N) is 5. The molecule has 706 valence electrons. The molecule has 0 bridgehead atoms. The summed E-state index contributed by atoms with van der Waals surface area (Å²) >= 11 is 0. The number of carbonyl (C=O) groups is 11. The number of unbranched alkanes of at least 4 members (excludes halogenated alkanes) is 4. The van der Waals surface area contributed by atoms with Crippen molar-refractivity contribution in [1.29, 1.82) is 0 Å². The molecular formula is C84H142N12O28. The van der Waals surface area contributed by atoms with Crippen LogP contribution in [-0.2, 0) is 120 Å². The summed E-state index contributed by atoms with van der Waals surface area (Å²) in [7, 11) is 0. The summed E-state index contributed by atoms with van der Waals surface area (Å²) in [6.07, 6.45) is 5.71. The molecule has 0 heterocycles. The second-order valence-corrected chi connectivity index (χ2v) is 29.3. The Morgan fingerprint density at radius 3 is 1.10 bits per heavy atom. The summed E-state index contributed by atoms with van der Waals surface area (Å²) < 4.78 is 67.8. The van der Waals surface area contributed by atoms with Crippen LogP contribution in [0.4, 0.5) is 24.0 Å². The Balaban J connectivity index is 0.00000171. The molecule has 7 amide bonds. The van der Waals surface area contributed by atoms with Gasteiger partial charge in [-0.05, 0) is 148 Å². The Kier molecular flexibility index (Phi) is 71.4. The minimum atomic E-state index is -1.14. The van der Waals surface area contributed by atoms with Crippen LogP contribution < -0.4 is 66.2 Å². The van der Waals surface area contributed by atoms with E-state index in [0.29, 0.717) is 196 Å². The summed E-state index contributed by atoms with van der Waals surface area (Å²) in [5.74, 6) is -2.83. The Labute approximate surface area is 728 Å². The van der Waals surface area contributed by atoms with E-state index in [4.69, 9.17) is 105 Å². The van der Waals surface area contributed by atoms with Crippen LogP contribution >= 0.6 is 0 Å². The van der Waals surface area contributed by atoms with E-state index in [0.717, 1.165) is 29.5 Å². The number of carboxylic acids is 2. The molecule has 0 saturated heterocycles. The van der Waals surface area contributed by atoms with Gasteiger partial charge in [0.2, 0.25) is 11.8 Å². The number of nitrogens with one attached hydrogen (secondary N) is 7. The maximum absolute atomic E-state index is 12.9. The number of ketones is 2. The van der Waals surface area contributed by atoms with Crippen LogP contribution in [0, 0.1) is 0 Å². The maximum Gasteiger partial charge on any atom is 0.431 e. The largest absolute Gasteiger partial charge is 0.480 e. The number of hydrogen-bond donors (Lipinski definition) is 14. The zero-order chi connectivity index (χ0) is 92.0. The number of hydroxylamine groups is 2. The number of carbonyl (C=O) groups excluding carboxylic acids is 9. The number of alkyl carbamates (subject to hydrolysis) is 3. The van der Waals surface area contributed by atoms with E-state index in [-0.39, 0.29) is 89.8 Å². The second-order valence-electron chi connectivity index (χ2n) is 29.3. The summed E-state index contributed by atoms with van der Waals surface area (Å²) in [4.78, 5) is 138. The molecule has 124 heavy (non-hydrogen) atoms. The van der Waals surface area contributed by atoms with Crippen molar-refractivity contribution in [3.8, 4) is 0 Å². The van der Waals surface area contributed by atoms with Crippen molar-refractivity contribution in [2.24, 2.45) is 28.7 Å². The molecule has 3 rings (SSSR count). The minimum absolute atomic E-state index is 0.0635. The van der Waals surface area contributed by atoms with E-state index in [2.05, 4.69) is 37.5 Å². The molecule has 19 N–H and O–H groups in total. The average molecular weight is 1770 g/mol. The lowest BCUT2D eigenvalue weighted by atomic mass is 10.0. The van der Waals surface area contributed by atoms with E-state index in [1.165, 1.54) is 0 Å². The van der Waals surface area contributed by atoms with Gasteiger partial charge in [0.15, 0.2) is 5.78 Å². The molecule has 4 atom stereocenters. The van der Waals surface area contributed by atoms with Crippen LogP contribution in [0.2, 0.25) is 0 Å². The summed E-state index contributed by atoms with van der Waals surface area (Å²) in [5.41, 5.74) is 33.1. The summed E-state index contributed by atoms with van der Waals surface area (Å²) in [6.45, 7) is 18.7. The zero-order valence-electron chi connectivity index (χ0n) is 73.3. The third-order valence-corrected chi connectivity index (χ3v) is 16.0. The van der Waals surface area contributed by atoms with Crippen LogP contribution in [0.5, 0.6) is 0 Å². The molecule has 0 aromatic heterocycles. The van der Waals surface area contributed by atoms with E-state index in [1.807, 2.05) is 78.9 Å². The minimum Gasteiger partial charge on any atom is -0.480 e. The van der Waals surface area contributed by atoms with E-state index in [9.17, 15) is 57.8 Å². The topological polar surface area (TPSA) is 581 Å². The molecule has 0 radical (unpaired) electrons. The molecule has 0 aliphatic rings. The number of aliphatic carboxylic acids is 2. The summed E-state index contributed by atoms with van der Waals surface area (Å²) in [5, 5.41) is 31.0. The molecule has 3 aromatic rings. The van der Waals surface area contributed by atoms with Gasteiger partial charge in [0, 0.05) is 58.8 Å². The lowest BCUT2D eigenvalue weighted by Gasteiger charge is -2.19. The molecule has 0 aliphatic heterocycles. The molecule has 0 aliphatic carbocycles. The SMILES string of the molecule is CC(C)(C)OC(=O)NOCCOCCOCCCC(=O)[C@@H](CCCCNC(=O)COCCOCCN)NC(=O)COCCOCCN.CC(C)(C)OC(=O)NOCCOCCOCCCC(=O)[C@H](N)CCCCN.N[C@H](CCCCNC(=O)OCc1ccccc1)C(=O)O.O=C(NCCCC[C@@H](NC(=O)OCc1ccccc1)C(=O)O)OCc1ccccc1. The first-order chi connectivity index (χ1) is 59.5. The van der Waals surface area contributed by atoms with Crippen molar-refractivity contribution >= 4 is 65.8 Å². The predicted molar refractivity (Wildman–Crippen MR) is 457 cm³/mol. The predicted octanol–water partition coefficient (Wildman–Crippen LogP) is 5.82. The number of carboxylic acid groups (broad SMARTS) is 2. The number of amides is 7. The van der Waals surface area contributed by atoms with Gasteiger partial charge >= 0.3 is 42.4 Å². The molecule has 0 saturated carbocycles. The van der Waals surface area contributed by atoms with Crippen LogP contribution in [0.1, 0.15) is 161 Å². The highest BCUT2D eigenvalue weighted by Crippen LogP contribution is 2.12. The van der Waals surface area contributed by atoms with Crippen molar-refractivity contribution in [2.45, 2.75) is 199 Å². The Morgan fingerprint density at radius 1 is 0.339 bits per heavy atom. The van der Waals surface area contributed by atoms with Gasteiger partial charge in [-0.2, -0.15) is 11.0 Å². The Bertz CT molecular complexity index is 3260. The molecule has 3 aromatic carbocycles. The van der Waals surface area contributed by atoms with Crippen molar-refractivity contribution in [1.82, 2.24) is 37.5 Å². The van der Waals surface area contributed by atoms with Gasteiger partial charge in [-0.25, -0.2) is 28.8 Å². The van der Waals surface area contributed by atoms with E-state index >= 15 is 0 Å². The fourth-order valence-corrected chi connectivity index (χ4v) is 9.81. The fraction of sp³-hybridized carbons (Fsp3) is 0.655. The van der Waals surface area contributed by atoms with Gasteiger partial charge in [-0.15, -0.1) is 0 Å².